The Morgan fingerprint density at radius 2 is 1.67 bits per heavy atom. The molecule has 1 N–H and O–H groups in total. The minimum atomic E-state index is 0.792. The maximum atomic E-state index is 5.73. The second-order valence-corrected chi connectivity index (χ2v) is 7.53. The van der Waals surface area contributed by atoms with Gasteiger partial charge in [-0.1, -0.05) is 30.3 Å². The molecule has 5 rings (SSSR count). The van der Waals surface area contributed by atoms with Gasteiger partial charge in [0.2, 0.25) is 0 Å². The Labute approximate surface area is 176 Å². The molecule has 0 atom stereocenters. The lowest BCUT2D eigenvalue weighted by Gasteiger charge is -2.29. The lowest BCUT2D eigenvalue weighted by molar-refractivity contribution is 0.419. The molecule has 4 aromatic rings. The lowest BCUT2D eigenvalue weighted by Crippen LogP contribution is -2.43. The summed E-state index contributed by atoms with van der Waals surface area (Å²) < 4.78 is 7.62. The summed E-state index contributed by atoms with van der Waals surface area (Å²) in [5.41, 5.74) is 5.88. The van der Waals surface area contributed by atoms with Crippen molar-refractivity contribution < 1.29 is 4.74 Å². The number of rotatable bonds is 4. The average molecular weight is 399 g/mol. The summed E-state index contributed by atoms with van der Waals surface area (Å²) in [5.74, 6) is 0.792. The van der Waals surface area contributed by atoms with Crippen molar-refractivity contribution in [3.8, 4) is 22.7 Å². The first-order valence-corrected chi connectivity index (χ1v) is 10.3. The zero-order chi connectivity index (χ0) is 20.5. The molecule has 0 aliphatic carbocycles. The number of ether oxygens (including phenoxy) is 1. The number of aryl methyl sites for hydroxylation is 1. The van der Waals surface area contributed by atoms with Gasteiger partial charge in [-0.2, -0.15) is 5.10 Å². The van der Waals surface area contributed by atoms with Gasteiger partial charge in [-0.25, -0.2) is 9.67 Å². The predicted molar refractivity (Wildman–Crippen MR) is 121 cm³/mol. The molecular weight excluding hydrogens is 374 g/mol. The normalized spacial score (nSPS) is 14.3. The molecule has 0 radical (unpaired) electrons. The molecule has 3 heterocycles. The number of pyridine rings is 1. The monoisotopic (exact) mass is 399 g/mol. The highest BCUT2D eigenvalue weighted by Gasteiger charge is 2.18. The van der Waals surface area contributed by atoms with Crippen LogP contribution in [-0.4, -0.2) is 48.1 Å². The number of methoxy groups -OCH3 is 1. The van der Waals surface area contributed by atoms with Crippen molar-refractivity contribution in [1.82, 2.24) is 20.1 Å². The molecule has 6 heteroatoms. The summed E-state index contributed by atoms with van der Waals surface area (Å²) >= 11 is 0. The summed E-state index contributed by atoms with van der Waals surface area (Å²) in [6.07, 6.45) is 0. The van der Waals surface area contributed by atoms with Crippen molar-refractivity contribution in [1.29, 1.82) is 0 Å². The van der Waals surface area contributed by atoms with Crippen LogP contribution in [-0.2, 0) is 0 Å². The van der Waals surface area contributed by atoms with Gasteiger partial charge in [0.15, 0.2) is 5.65 Å². The highest BCUT2D eigenvalue weighted by atomic mass is 16.5. The molecule has 0 saturated carbocycles. The van der Waals surface area contributed by atoms with Gasteiger partial charge in [-0.3, -0.25) is 0 Å². The molecule has 0 unspecified atom stereocenters. The van der Waals surface area contributed by atoms with E-state index in [1.54, 1.807) is 7.11 Å². The second kappa shape index (κ2) is 7.80. The van der Waals surface area contributed by atoms with Gasteiger partial charge in [0.05, 0.1) is 29.6 Å². The number of anilines is 1. The fourth-order valence-corrected chi connectivity index (χ4v) is 4.07. The van der Waals surface area contributed by atoms with E-state index in [2.05, 4.69) is 34.5 Å². The van der Waals surface area contributed by atoms with Crippen LogP contribution in [0.15, 0.2) is 60.7 Å². The molecule has 1 aliphatic heterocycles. The van der Waals surface area contributed by atoms with E-state index in [1.807, 2.05) is 48.0 Å². The molecule has 30 heavy (non-hydrogen) atoms. The van der Waals surface area contributed by atoms with Crippen molar-refractivity contribution in [2.24, 2.45) is 0 Å². The molecule has 0 amide bonds. The highest BCUT2D eigenvalue weighted by molar-refractivity contribution is 5.89. The van der Waals surface area contributed by atoms with E-state index >= 15 is 0 Å². The zero-order valence-corrected chi connectivity index (χ0v) is 17.3. The van der Waals surface area contributed by atoms with Crippen LogP contribution in [0, 0.1) is 6.92 Å². The van der Waals surface area contributed by atoms with Crippen LogP contribution < -0.4 is 15.0 Å². The van der Waals surface area contributed by atoms with Crippen molar-refractivity contribution >= 4 is 16.7 Å². The maximum Gasteiger partial charge on any atom is 0.167 e. The van der Waals surface area contributed by atoms with Crippen molar-refractivity contribution in [3.05, 3.63) is 66.4 Å². The minimum Gasteiger partial charge on any atom is -0.496 e. The lowest BCUT2D eigenvalue weighted by atomic mass is 10.1. The molecule has 152 valence electrons. The third-order valence-electron chi connectivity index (χ3n) is 5.64. The standard InChI is InChI=1S/C24H25N5O/c1-17-23-22(30-2)16-21(26-24(23)29(27-17)20-6-4-3-5-7-20)18-8-10-19(11-9-18)28-14-12-25-13-15-28/h3-11,16,25H,12-15H2,1-2H3. The van der Waals surface area contributed by atoms with Gasteiger partial charge in [0, 0.05) is 43.5 Å². The molecule has 1 saturated heterocycles. The van der Waals surface area contributed by atoms with Gasteiger partial charge in [0.1, 0.15) is 5.75 Å². The number of nitrogens with zero attached hydrogens (tertiary/aromatic N) is 4. The van der Waals surface area contributed by atoms with Gasteiger partial charge in [0.25, 0.3) is 0 Å². The smallest absolute Gasteiger partial charge is 0.167 e. The summed E-state index contributed by atoms with van der Waals surface area (Å²) in [5, 5.41) is 9.09. The van der Waals surface area contributed by atoms with Crippen LogP contribution in [0.5, 0.6) is 5.75 Å². The zero-order valence-electron chi connectivity index (χ0n) is 17.3. The van der Waals surface area contributed by atoms with Crippen LogP contribution >= 0.6 is 0 Å². The number of para-hydroxylation sites is 1. The summed E-state index contributed by atoms with van der Waals surface area (Å²) in [6, 6.07) is 20.7. The predicted octanol–water partition coefficient (Wildman–Crippen LogP) is 3.81. The van der Waals surface area contributed by atoms with E-state index in [4.69, 9.17) is 14.8 Å². The third kappa shape index (κ3) is 3.29. The number of hydrogen-bond acceptors (Lipinski definition) is 5. The molecular formula is C24H25N5O. The van der Waals surface area contributed by atoms with Gasteiger partial charge >= 0.3 is 0 Å². The first-order valence-electron chi connectivity index (χ1n) is 10.3. The van der Waals surface area contributed by atoms with Crippen LogP contribution in [0.2, 0.25) is 0 Å². The maximum absolute atomic E-state index is 5.73. The topological polar surface area (TPSA) is 55.2 Å². The van der Waals surface area contributed by atoms with E-state index in [0.29, 0.717) is 0 Å². The number of benzene rings is 2. The van der Waals surface area contributed by atoms with Crippen LogP contribution in [0.25, 0.3) is 28.0 Å². The Morgan fingerprint density at radius 1 is 0.933 bits per heavy atom. The van der Waals surface area contributed by atoms with E-state index < -0.39 is 0 Å². The Balaban J connectivity index is 1.59. The number of piperazine rings is 1. The number of hydrogen-bond donors (Lipinski definition) is 1. The van der Waals surface area contributed by atoms with Crippen LogP contribution in [0.3, 0.4) is 0 Å². The summed E-state index contributed by atoms with van der Waals surface area (Å²) in [6.45, 7) is 6.12. The van der Waals surface area contributed by atoms with E-state index in [9.17, 15) is 0 Å². The number of fused-ring (bicyclic) bond motifs is 1. The van der Waals surface area contributed by atoms with Crippen molar-refractivity contribution in [3.63, 3.8) is 0 Å². The molecule has 2 aromatic heterocycles. The first kappa shape index (κ1) is 18.6. The quantitative estimate of drug-likeness (QED) is 0.566. The fraction of sp³-hybridized carbons (Fsp3) is 0.250. The Kier molecular flexibility index (Phi) is 4.85. The highest BCUT2D eigenvalue weighted by Crippen LogP contribution is 2.33. The van der Waals surface area contributed by atoms with Gasteiger partial charge in [-0.15, -0.1) is 0 Å². The van der Waals surface area contributed by atoms with Crippen molar-refractivity contribution in [2.75, 3.05) is 38.2 Å². The molecule has 2 aromatic carbocycles. The van der Waals surface area contributed by atoms with E-state index in [-0.39, 0.29) is 0 Å². The van der Waals surface area contributed by atoms with Crippen molar-refractivity contribution in [2.45, 2.75) is 6.92 Å². The minimum absolute atomic E-state index is 0.792. The molecule has 0 bridgehead atoms. The summed E-state index contributed by atoms with van der Waals surface area (Å²) in [4.78, 5) is 7.40. The van der Waals surface area contributed by atoms with Gasteiger partial charge < -0.3 is 15.0 Å². The largest absolute Gasteiger partial charge is 0.496 e. The Morgan fingerprint density at radius 3 is 2.37 bits per heavy atom. The Bertz CT molecular complexity index is 1160. The third-order valence-corrected chi connectivity index (χ3v) is 5.64. The second-order valence-electron chi connectivity index (χ2n) is 7.53. The van der Waals surface area contributed by atoms with Gasteiger partial charge in [-0.05, 0) is 31.2 Å². The number of nitrogens with one attached hydrogen (secondary N) is 1. The molecule has 1 fully saturated rings. The van der Waals surface area contributed by atoms with E-state index in [0.717, 1.165) is 65.6 Å². The first-order chi connectivity index (χ1) is 14.7. The Hall–Kier alpha value is -3.38. The van der Waals surface area contributed by atoms with E-state index in [1.165, 1.54) is 5.69 Å². The average Bonchev–Trinajstić information content (AvgIpc) is 3.16. The molecule has 0 spiro atoms. The van der Waals surface area contributed by atoms with Crippen LogP contribution in [0.1, 0.15) is 5.69 Å². The number of aromatic nitrogens is 3. The fourth-order valence-electron chi connectivity index (χ4n) is 4.07. The molecule has 6 nitrogen and oxygen atoms in total. The summed E-state index contributed by atoms with van der Waals surface area (Å²) in [7, 11) is 1.70. The SMILES string of the molecule is COc1cc(-c2ccc(N3CCNCC3)cc2)nc2c1c(C)nn2-c1ccccc1. The van der Waals surface area contributed by atoms with Crippen LogP contribution in [0.4, 0.5) is 5.69 Å². The molecule has 1 aliphatic rings.